The lowest BCUT2D eigenvalue weighted by Gasteiger charge is -2.21. The standard InChI is InChI=1S/C18H22N2O3/c1-10(2)20-9-13(8-16(20)21)19-18(22)17-12(4)14-7-11(3)5-6-15(14)23-17/h5-7,10,13H,8-9H2,1-4H3,(H,19,22). The molecule has 0 spiro atoms. The molecule has 0 saturated carbocycles. The van der Waals surface area contributed by atoms with Crippen molar-refractivity contribution in [2.24, 2.45) is 0 Å². The van der Waals surface area contributed by atoms with Crippen molar-refractivity contribution in [2.45, 2.75) is 46.2 Å². The molecule has 1 fully saturated rings. The molecular formula is C18H22N2O3. The first-order valence-electron chi connectivity index (χ1n) is 7.97. The van der Waals surface area contributed by atoms with Gasteiger partial charge in [0.2, 0.25) is 5.91 Å². The molecule has 1 saturated heterocycles. The van der Waals surface area contributed by atoms with E-state index in [0.717, 1.165) is 16.5 Å². The van der Waals surface area contributed by atoms with E-state index in [9.17, 15) is 9.59 Å². The van der Waals surface area contributed by atoms with Crippen molar-refractivity contribution in [3.8, 4) is 0 Å². The summed E-state index contributed by atoms with van der Waals surface area (Å²) < 4.78 is 5.72. The summed E-state index contributed by atoms with van der Waals surface area (Å²) in [6, 6.07) is 5.86. The zero-order chi connectivity index (χ0) is 16.7. The Balaban J connectivity index is 1.79. The highest BCUT2D eigenvalue weighted by Gasteiger charge is 2.33. The summed E-state index contributed by atoms with van der Waals surface area (Å²) in [5.41, 5.74) is 2.68. The second-order valence-electron chi connectivity index (χ2n) is 6.57. The van der Waals surface area contributed by atoms with Gasteiger partial charge in [-0.2, -0.15) is 0 Å². The average molecular weight is 314 g/mol. The molecule has 1 aromatic heterocycles. The molecule has 2 aromatic rings. The zero-order valence-electron chi connectivity index (χ0n) is 14.0. The molecule has 2 heterocycles. The van der Waals surface area contributed by atoms with Gasteiger partial charge in [-0.1, -0.05) is 11.6 Å². The van der Waals surface area contributed by atoms with E-state index in [1.54, 1.807) is 4.90 Å². The number of hydrogen-bond acceptors (Lipinski definition) is 3. The monoisotopic (exact) mass is 314 g/mol. The summed E-state index contributed by atoms with van der Waals surface area (Å²) in [4.78, 5) is 26.3. The van der Waals surface area contributed by atoms with Crippen LogP contribution in [0.5, 0.6) is 0 Å². The van der Waals surface area contributed by atoms with Gasteiger partial charge < -0.3 is 14.6 Å². The number of benzene rings is 1. The molecule has 0 aliphatic carbocycles. The molecule has 2 amide bonds. The topological polar surface area (TPSA) is 62.6 Å². The molecule has 1 unspecified atom stereocenters. The number of nitrogens with one attached hydrogen (secondary N) is 1. The molecule has 5 nitrogen and oxygen atoms in total. The molecule has 1 aliphatic heterocycles. The highest BCUT2D eigenvalue weighted by atomic mass is 16.3. The second kappa shape index (κ2) is 5.72. The molecule has 0 radical (unpaired) electrons. The minimum absolute atomic E-state index is 0.0854. The lowest BCUT2D eigenvalue weighted by molar-refractivity contribution is -0.129. The lowest BCUT2D eigenvalue weighted by Crippen LogP contribution is -2.38. The van der Waals surface area contributed by atoms with Crippen molar-refractivity contribution < 1.29 is 14.0 Å². The number of nitrogens with zero attached hydrogens (tertiary/aromatic N) is 1. The number of carbonyl (C=O) groups excluding carboxylic acids is 2. The molecule has 1 N–H and O–H groups in total. The normalized spacial score (nSPS) is 18.2. The van der Waals surface area contributed by atoms with Gasteiger partial charge in [0.15, 0.2) is 5.76 Å². The Hall–Kier alpha value is -2.30. The smallest absolute Gasteiger partial charge is 0.287 e. The molecule has 23 heavy (non-hydrogen) atoms. The Morgan fingerprint density at radius 2 is 2.09 bits per heavy atom. The maximum absolute atomic E-state index is 12.5. The third kappa shape index (κ3) is 2.83. The van der Waals surface area contributed by atoms with Crippen LogP contribution < -0.4 is 5.32 Å². The highest BCUT2D eigenvalue weighted by molar-refractivity contribution is 5.99. The van der Waals surface area contributed by atoms with Gasteiger partial charge in [-0.15, -0.1) is 0 Å². The van der Waals surface area contributed by atoms with Crippen LogP contribution in [-0.4, -0.2) is 35.3 Å². The molecule has 122 valence electrons. The van der Waals surface area contributed by atoms with Gasteiger partial charge in [-0.25, -0.2) is 0 Å². The van der Waals surface area contributed by atoms with E-state index < -0.39 is 0 Å². The summed E-state index contributed by atoms with van der Waals surface area (Å²) >= 11 is 0. The Morgan fingerprint density at radius 3 is 2.74 bits per heavy atom. The van der Waals surface area contributed by atoms with Crippen molar-refractivity contribution in [3.05, 3.63) is 35.1 Å². The number of rotatable bonds is 3. The predicted octanol–water partition coefficient (Wildman–Crippen LogP) is 2.79. The number of furan rings is 1. The average Bonchev–Trinajstić information content (AvgIpc) is 3.00. The van der Waals surface area contributed by atoms with Crippen LogP contribution in [0, 0.1) is 13.8 Å². The van der Waals surface area contributed by atoms with Crippen LogP contribution in [0.25, 0.3) is 11.0 Å². The van der Waals surface area contributed by atoms with Gasteiger partial charge in [0.1, 0.15) is 5.58 Å². The molecule has 1 aliphatic rings. The first-order valence-corrected chi connectivity index (χ1v) is 7.97. The molecule has 3 rings (SSSR count). The van der Waals surface area contributed by atoms with Crippen molar-refractivity contribution in [1.29, 1.82) is 0 Å². The van der Waals surface area contributed by atoms with Crippen LogP contribution in [0.2, 0.25) is 0 Å². The van der Waals surface area contributed by atoms with Crippen LogP contribution >= 0.6 is 0 Å². The van der Waals surface area contributed by atoms with E-state index >= 15 is 0 Å². The third-order valence-corrected chi connectivity index (χ3v) is 4.41. The Labute approximate surface area is 135 Å². The van der Waals surface area contributed by atoms with Gasteiger partial charge in [0.05, 0.1) is 6.04 Å². The van der Waals surface area contributed by atoms with Crippen molar-refractivity contribution in [2.75, 3.05) is 6.54 Å². The number of likely N-dealkylation sites (tertiary alicyclic amines) is 1. The Morgan fingerprint density at radius 1 is 1.35 bits per heavy atom. The Kier molecular flexibility index (Phi) is 3.88. The van der Waals surface area contributed by atoms with Gasteiger partial charge >= 0.3 is 0 Å². The minimum atomic E-state index is -0.250. The first-order chi connectivity index (χ1) is 10.9. The fourth-order valence-electron chi connectivity index (χ4n) is 3.13. The number of aryl methyl sites for hydroxylation is 2. The summed E-state index contributed by atoms with van der Waals surface area (Å²) in [7, 11) is 0. The van der Waals surface area contributed by atoms with Crippen molar-refractivity contribution in [1.82, 2.24) is 10.2 Å². The molecule has 1 aromatic carbocycles. The van der Waals surface area contributed by atoms with Crippen LogP contribution in [0.4, 0.5) is 0 Å². The number of amides is 2. The van der Waals surface area contributed by atoms with Crippen LogP contribution in [-0.2, 0) is 4.79 Å². The van der Waals surface area contributed by atoms with E-state index in [-0.39, 0.29) is 23.9 Å². The summed E-state index contributed by atoms with van der Waals surface area (Å²) in [6.45, 7) is 8.42. The minimum Gasteiger partial charge on any atom is -0.451 e. The Bertz CT molecular complexity index is 776. The molecule has 5 heteroatoms. The van der Waals surface area contributed by atoms with E-state index in [4.69, 9.17) is 4.42 Å². The summed E-state index contributed by atoms with van der Waals surface area (Å²) in [5, 5.41) is 3.89. The van der Waals surface area contributed by atoms with E-state index in [0.29, 0.717) is 24.3 Å². The van der Waals surface area contributed by atoms with Crippen LogP contribution in [0.1, 0.15) is 41.9 Å². The predicted molar refractivity (Wildman–Crippen MR) is 88.4 cm³/mol. The largest absolute Gasteiger partial charge is 0.451 e. The number of hydrogen-bond donors (Lipinski definition) is 1. The van der Waals surface area contributed by atoms with Gasteiger partial charge in [0, 0.05) is 30.0 Å². The fourth-order valence-corrected chi connectivity index (χ4v) is 3.13. The fraction of sp³-hybridized carbons (Fsp3) is 0.444. The highest BCUT2D eigenvalue weighted by Crippen LogP contribution is 2.26. The van der Waals surface area contributed by atoms with Gasteiger partial charge in [-0.3, -0.25) is 9.59 Å². The van der Waals surface area contributed by atoms with Crippen molar-refractivity contribution in [3.63, 3.8) is 0 Å². The van der Waals surface area contributed by atoms with E-state index in [2.05, 4.69) is 5.32 Å². The third-order valence-electron chi connectivity index (χ3n) is 4.41. The maximum atomic E-state index is 12.5. The molecule has 1 atom stereocenters. The maximum Gasteiger partial charge on any atom is 0.287 e. The number of carbonyl (C=O) groups is 2. The van der Waals surface area contributed by atoms with Crippen LogP contribution in [0.15, 0.2) is 22.6 Å². The second-order valence-corrected chi connectivity index (χ2v) is 6.57. The SMILES string of the molecule is Cc1ccc2oc(C(=O)NC3CC(=O)N(C(C)C)C3)c(C)c2c1. The van der Waals surface area contributed by atoms with Crippen LogP contribution in [0.3, 0.4) is 0 Å². The quantitative estimate of drug-likeness (QED) is 0.947. The first kappa shape index (κ1) is 15.6. The lowest BCUT2D eigenvalue weighted by atomic mass is 10.1. The molecular weight excluding hydrogens is 292 g/mol. The van der Waals surface area contributed by atoms with E-state index in [1.807, 2.05) is 45.9 Å². The van der Waals surface area contributed by atoms with Gasteiger partial charge in [-0.05, 0) is 39.8 Å². The summed E-state index contributed by atoms with van der Waals surface area (Å²) in [5.74, 6) is 0.169. The zero-order valence-corrected chi connectivity index (χ0v) is 14.0. The van der Waals surface area contributed by atoms with Gasteiger partial charge in [0.25, 0.3) is 5.91 Å². The summed E-state index contributed by atoms with van der Waals surface area (Å²) in [6.07, 6.45) is 0.350. The molecule has 0 bridgehead atoms. The van der Waals surface area contributed by atoms with Crippen molar-refractivity contribution >= 4 is 22.8 Å². The van der Waals surface area contributed by atoms with E-state index in [1.165, 1.54) is 0 Å². The number of fused-ring (bicyclic) bond motifs is 1.